The predicted octanol–water partition coefficient (Wildman–Crippen LogP) is 6.31. The van der Waals surface area contributed by atoms with Gasteiger partial charge in [0.05, 0.1) is 88.0 Å². The number of morpholine rings is 4. The molecule has 4 aliphatic heterocycles. The van der Waals surface area contributed by atoms with Crippen molar-refractivity contribution in [3.05, 3.63) is 250 Å². The minimum atomic E-state index is -1.08. The standard InChI is InChI=1S/C18H17NO5.C12H14ClNO4.C12H13NO4.C11H13NO3.C10H13NO3.C7H6O3.C6H5I.C5H9NO3.C5H13N.C2H2Cl2O.CH3PS.2CH4.B.ClH.Na.H/c20-9-15-16(21)7-4-8-17(15)24-11-14-10-23-12-18(22)19(14)13-5-2-1-3-6-13;13-6-11(16)14-10(7-15)12(17)18-8-9-4-2-1-3-5-9;14-11-8-16-7-10(13-11)12(15)17-6-9-4-2-1-3-5-9;13-6-10-7-15-8-11(14)12(10)9-4-2-1-3-5-9;11-9(6-12)10(13)14-7-8-4-2-1-3-5-8;8-4-5-6(9)2-1-3-7(5)10;7-6-4-2-1-3-5-6;7-1-4-2-9-3-5(8)6-4;1-3-4-5-6-2;3-1-2(4)5;1-2-3;;;;;;/h1-9,14,21H,10-12H2;1-5,10,15H,6-8H2,(H,14,16);1-5,10H,6-8H2,(H,13,14);1-5,10,13H,6-8H2;1-5,9,12H,6-7,11H2;1-4,9-10H;1-5H;4,7H,1-3H2,(H,6,8);6H,3-5H2,1-2H3;1H2;1H3;2*1H4;;1H;;/q;;;;;;;;;;;;;;;+1;-1/t14-;3*10-;9-;;;4-;;;;;;;;;/m00010..1........./s1. The normalized spacial score (nSPS) is 14.9. The maximum absolute atomic E-state index is 12.2. The molecule has 6 atom stereocenters. The van der Waals surface area contributed by atoms with Gasteiger partial charge < -0.3 is 112 Å². The molecule has 33 nitrogen and oxygen atoms in total. The molecule has 0 unspecified atom stereocenters. The van der Waals surface area contributed by atoms with Gasteiger partial charge >= 0.3 is 47.5 Å². The molecule has 8 aromatic rings. The summed E-state index contributed by atoms with van der Waals surface area (Å²) < 4.78 is 42.1. The molecule has 723 valence electrons. The molecule has 0 spiro atoms. The number of phenolic OH excluding ortho intramolecular Hbond substituents is 3. The van der Waals surface area contributed by atoms with Crippen LogP contribution in [0.2, 0.25) is 0 Å². The predicted molar refractivity (Wildman–Crippen MR) is 522 cm³/mol. The summed E-state index contributed by atoms with van der Waals surface area (Å²) in [6, 6.07) is 61.8. The molecular weight excluding hydrogens is 1970 g/mol. The Bertz CT molecular complexity index is 4520. The van der Waals surface area contributed by atoms with E-state index in [4.69, 9.17) is 109 Å². The number of nitrogens with one attached hydrogen (secondary N) is 4. The zero-order chi connectivity index (χ0) is 94.7. The molecule has 0 saturated carbocycles. The molecule has 5 amide bonds. The van der Waals surface area contributed by atoms with E-state index < -0.39 is 60.4 Å². The van der Waals surface area contributed by atoms with E-state index in [1.807, 2.05) is 171 Å². The van der Waals surface area contributed by atoms with Crippen LogP contribution in [0.4, 0.5) is 11.4 Å². The number of hydrogen-bond acceptors (Lipinski definition) is 29. The fourth-order valence-corrected chi connectivity index (χ4v) is 10.6. The molecule has 3 radical (unpaired) electrons. The maximum Gasteiger partial charge on any atom is 1.00 e. The number of aliphatic hydroxyl groups is 4. The number of rotatable bonds is 26. The van der Waals surface area contributed by atoms with Crippen LogP contribution >= 0.6 is 77.2 Å². The number of amides is 5. The zero-order valence-electron chi connectivity index (χ0n) is 73.5. The number of unbranched alkanes of at least 4 members (excludes halogenated alkanes) is 1. The van der Waals surface area contributed by atoms with Crippen molar-refractivity contribution in [1.82, 2.24) is 21.3 Å². The summed E-state index contributed by atoms with van der Waals surface area (Å²) in [5, 5.41) is 72.6. The second-order valence-electron chi connectivity index (χ2n) is 26.2. The van der Waals surface area contributed by atoms with Gasteiger partial charge in [0.25, 0.3) is 11.8 Å². The molecule has 13 N–H and O–H groups in total. The third-order valence-electron chi connectivity index (χ3n) is 16.4. The molecule has 0 aromatic heterocycles. The third kappa shape index (κ3) is 56.7. The summed E-state index contributed by atoms with van der Waals surface area (Å²) in [4.78, 5) is 125. The number of carbonyl (C=O) groups is 11. The Hall–Kier alpha value is -9.20. The van der Waals surface area contributed by atoms with Crippen molar-refractivity contribution >= 4 is 174 Å². The average molecular weight is 2090 g/mol. The number of anilines is 2. The largest absolute Gasteiger partial charge is 1.00 e. The van der Waals surface area contributed by atoms with Crippen molar-refractivity contribution in [1.29, 1.82) is 0 Å². The van der Waals surface area contributed by atoms with E-state index in [-0.39, 0.29) is 227 Å². The smallest absolute Gasteiger partial charge is 1.00 e. The Balaban J connectivity index is -0.000000469. The molecule has 4 fully saturated rings. The van der Waals surface area contributed by atoms with Gasteiger partial charge in [-0.1, -0.05) is 198 Å². The van der Waals surface area contributed by atoms with E-state index in [9.17, 15) is 57.8 Å². The van der Waals surface area contributed by atoms with Gasteiger partial charge in [-0.2, -0.15) is 0 Å². The first-order valence-electron chi connectivity index (χ1n) is 39.2. The van der Waals surface area contributed by atoms with Crippen LogP contribution in [0.15, 0.2) is 218 Å². The summed E-state index contributed by atoms with van der Waals surface area (Å²) >= 11 is 21.5. The van der Waals surface area contributed by atoms with Crippen molar-refractivity contribution < 1.29 is 157 Å². The first-order chi connectivity index (χ1) is 61.8. The number of nitrogens with two attached hydrogens (primary N) is 1. The molecule has 12 rings (SSSR count). The SMILES string of the molecule is C.C.CCCCNC.CP=S.Cl.Ic1ccccc1.N[C@@H](CO)C(=O)OCc1ccccc1.O=C(CCl)N[C@@H](CO)C(=O)OCc1ccccc1.O=C(Cl)CCl.O=C1COC[C@@H](C(=O)OCc2ccccc2)N1.O=C1COC[C@@H](CO)N1.O=C1COC[C@@H](CO)N1c1ccccc1.O=Cc1c(O)cccc1O.O=Cc1c(O)cccc1OC[C@@H]1COCC(=O)N1c1ccccc1.[B].[H-].[Na+]. The van der Waals surface area contributed by atoms with Crippen molar-refractivity contribution in [2.45, 2.75) is 90.7 Å². The number of aldehydes is 2. The van der Waals surface area contributed by atoms with Crippen molar-refractivity contribution in [3.8, 4) is 23.0 Å². The van der Waals surface area contributed by atoms with Crippen molar-refractivity contribution in [2.24, 2.45) is 5.73 Å². The van der Waals surface area contributed by atoms with E-state index in [0.717, 1.165) is 42.0 Å². The van der Waals surface area contributed by atoms with E-state index in [1.54, 1.807) is 34.1 Å². The second kappa shape index (κ2) is 81.2. The molecule has 42 heteroatoms. The summed E-state index contributed by atoms with van der Waals surface area (Å²) in [6.45, 7) is 6.37. The van der Waals surface area contributed by atoms with E-state index in [0.29, 0.717) is 32.4 Å². The number of nitrogens with zero attached hydrogens (tertiary/aromatic N) is 2. The van der Waals surface area contributed by atoms with Crippen LogP contribution in [0.25, 0.3) is 0 Å². The van der Waals surface area contributed by atoms with Crippen molar-refractivity contribution in [2.75, 3.05) is 128 Å². The molecule has 8 aromatic carbocycles. The quantitative estimate of drug-likeness (QED) is 0.00325. The van der Waals surface area contributed by atoms with Crippen LogP contribution < -0.4 is 71.1 Å². The van der Waals surface area contributed by atoms with Gasteiger partial charge in [0.15, 0.2) is 24.7 Å². The van der Waals surface area contributed by atoms with Gasteiger partial charge in [-0.05, 0) is 146 Å². The third-order valence-corrected chi connectivity index (χ3v) is 17.9. The number of aliphatic hydroxyl groups excluding tert-OH is 4. The number of hydrogen-bond donors (Lipinski definition) is 12. The maximum atomic E-state index is 12.2. The molecule has 0 aliphatic carbocycles. The number of esters is 3. The number of ether oxygens (including phenoxy) is 8. The molecule has 4 heterocycles. The summed E-state index contributed by atoms with van der Waals surface area (Å²) in [7, 11) is 2.98. The Morgan fingerprint density at radius 3 is 1.34 bits per heavy atom. The van der Waals surface area contributed by atoms with E-state index >= 15 is 0 Å². The summed E-state index contributed by atoms with van der Waals surface area (Å²) in [5.74, 6) is -3.62. The van der Waals surface area contributed by atoms with E-state index in [1.165, 1.54) is 40.7 Å². The Kier molecular flexibility index (Phi) is 79.4. The van der Waals surface area contributed by atoms with Gasteiger partial charge in [0.2, 0.25) is 23.0 Å². The Morgan fingerprint density at radius 2 is 0.977 bits per heavy atom. The number of halogens is 5. The van der Waals surface area contributed by atoms with E-state index in [2.05, 4.69) is 74.7 Å². The monoisotopic (exact) mass is 2090 g/mol. The second-order valence-corrected chi connectivity index (χ2v) is 29.9. The number of carbonyl (C=O) groups excluding carboxylic acids is 11. The van der Waals surface area contributed by atoms with Gasteiger partial charge in [0.1, 0.15) is 87.8 Å². The number of aromatic hydroxyl groups is 3. The summed E-state index contributed by atoms with van der Waals surface area (Å²) in [5.41, 5.74) is 9.48. The van der Waals surface area contributed by atoms with Gasteiger partial charge in [-0.25, -0.2) is 9.59 Å². The van der Waals surface area contributed by atoms with Gasteiger partial charge in [-0.3, -0.25) is 43.2 Å². The van der Waals surface area contributed by atoms with Crippen LogP contribution in [0.3, 0.4) is 0 Å². The van der Waals surface area contributed by atoms with Crippen molar-refractivity contribution in [3.63, 3.8) is 0 Å². The van der Waals surface area contributed by atoms with Gasteiger partial charge in [0, 0.05) is 23.4 Å². The summed E-state index contributed by atoms with van der Waals surface area (Å²) in [6.07, 6.45) is 3.55. The fraction of sp³-hybridized carbons (Fsp3) is 0.352. The number of benzene rings is 8. The minimum absolute atomic E-state index is 0. The topological polar surface area (TPSA) is 484 Å². The average Bonchev–Trinajstić information content (AvgIpc) is 0.812. The Morgan fingerprint density at radius 1 is 0.579 bits per heavy atom. The number of alkyl halides is 2. The van der Waals surface area contributed by atoms with Crippen LogP contribution in [-0.4, -0.2) is 264 Å². The first-order valence-corrected chi connectivity index (χ1v) is 44.1. The van der Waals surface area contributed by atoms with Crippen LogP contribution in [-0.2, 0) is 108 Å². The fourth-order valence-electron chi connectivity index (χ4n) is 10.2. The van der Waals surface area contributed by atoms with Crippen LogP contribution in [0, 0.1) is 3.57 Å². The molecule has 4 aliphatic rings. The van der Waals surface area contributed by atoms with Crippen LogP contribution in [0.5, 0.6) is 23.0 Å². The van der Waals surface area contributed by atoms with Gasteiger partial charge in [-0.15, -0.1) is 35.6 Å². The molecule has 4 saturated heterocycles. The number of phenols is 3. The molecular formula is C91H118BCl4IN7NaO26PS. The first kappa shape index (κ1) is 130. The zero-order valence-corrected chi connectivity index (χ0v) is 81.4. The Labute approximate surface area is 842 Å². The number of para-hydroxylation sites is 2. The molecule has 133 heavy (non-hydrogen) atoms. The van der Waals surface area contributed by atoms with Crippen LogP contribution in [0.1, 0.15) is 73.5 Å². The molecule has 0 bridgehead atoms. The minimum Gasteiger partial charge on any atom is -1.00 e.